The molecule has 1 amide bonds. The number of ether oxygens (including phenoxy) is 1. The second kappa shape index (κ2) is 7.50. The summed E-state index contributed by atoms with van der Waals surface area (Å²) in [6, 6.07) is 9.81. The number of carbonyl (C=O) groups is 1. The smallest absolute Gasteiger partial charge is 0.324 e. The fourth-order valence-electron chi connectivity index (χ4n) is 1.74. The van der Waals surface area contributed by atoms with Gasteiger partial charge in [-0.1, -0.05) is 23.5 Å². The highest BCUT2D eigenvalue weighted by atomic mass is 32.1. The lowest BCUT2D eigenvalue weighted by Crippen LogP contribution is -2.19. The molecule has 0 aliphatic carbocycles. The molecule has 0 aliphatic rings. The Morgan fingerprint density at radius 2 is 2.09 bits per heavy atom. The molecule has 2 rings (SSSR count). The number of nitrogens with one attached hydrogen (secondary N) is 1. The molecule has 0 aliphatic heterocycles. The van der Waals surface area contributed by atoms with Gasteiger partial charge in [0.2, 0.25) is 0 Å². The van der Waals surface area contributed by atoms with E-state index < -0.39 is 10.8 Å². The maximum absolute atomic E-state index is 12.1. The highest BCUT2D eigenvalue weighted by molar-refractivity contribution is 7.16. The number of para-hydroxylation sites is 1. The summed E-state index contributed by atoms with van der Waals surface area (Å²) in [5.41, 5.74) is 2.76. The van der Waals surface area contributed by atoms with Crippen LogP contribution < -0.4 is 10.2 Å². The summed E-state index contributed by atoms with van der Waals surface area (Å²) in [7, 11) is 0. The number of carbonyl (C=O) groups excluding carboxylic acids is 1. The summed E-state index contributed by atoms with van der Waals surface area (Å²) in [4.78, 5) is 22.8. The first-order valence-electron chi connectivity index (χ1n) is 6.80. The Morgan fingerprint density at radius 3 is 2.74 bits per heavy atom. The quantitative estimate of drug-likeness (QED) is 0.499. The Labute approximate surface area is 136 Å². The van der Waals surface area contributed by atoms with Crippen molar-refractivity contribution in [2.75, 3.05) is 0 Å². The van der Waals surface area contributed by atoms with E-state index in [1.54, 1.807) is 30.3 Å². The van der Waals surface area contributed by atoms with Gasteiger partial charge in [-0.3, -0.25) is 14.9 Å². The Bertz CT molecular complexity index is 740. The summed E-state index contributed by atoms with van der Waals surface area (Å²) in [6.07, 6.45) is 1.31. The van der Waals surface area contributed by atoms with Gasteiger partial charge in [0.15, 0.2) is 0 Å². The molecule has 2 aromatic rings. The van der Waals surface area contributed by atoms with Crippen LogP contribution in [0.2, 0.25) is 0 Å². The maximum atomic E-state index is 12.1. The van der Waals surface area contributed by atoms with Crippen LogP contribution in [0.1, 0.15) is 29.1 Å². The monoisotopic (exact) mass is 333 g/mol. The van der Waals surface area contributed by atoms with Crippen LogP contribution in [-0.2, 0) is 0 Å². The number of nitrogens with zero attached hydrogens (tertiary/aromatic N) is 2. The van der Waals surface area contributed by atoms with Gasteiger partial charge in [-0.2, -0.15) is 5.10 Å². The van der Waals surface area contributed by atoms with E-state index in [9.17, 15) is 14.9 Å². The molecule has 1 aromatic carbocycles. The molecule has 1 N–H and O–H groups in total. The Morgan fingerprint density at radius 1 is 1.35 bits per heavy atom. The first kappa shape index (κ1) is 16.6. The normalized spacial score (nSPS) is 10.9. The molecule has 0 fully saturated rings. The number of amides is 1. The lowest BCUT2D eigenvalue weighted by atomic mass is 10.2. The first-order chi connectivity index (χ1) is 11.0. The fourth-order valence-corrected chi connectivity index (χ4v) is 2.43. The second-order valence-corrected chi connectivity index (χ2v) is 5.89. The maximum Gasteiger partial charge on any atom is 0.324 e. The van der Waals surface area contributed by atoms with Gasteiger partial charge in [-0.25, -0.2) is 5.43 Å². The predicted octanol–water partition coefficient (Wildman–Crippen LogP) is 3.21. The van der Waals surface area contributed by atoms with Gasteiger partial charge in [-0.05, 0) is 32.0 Å². The van der Waals surface area contributed by atoms with Crippen LogP contribution in [0.5, 0.6) is 5.75 Å². The van der Waals surface area contributed by atoms with Crippen molar-refractivity contribution in [2.24, 2.45) is 5.10 Å². The lowest BCUT2D eigenvalue weighted by Gasteiger charge is -2.12. The van der Waals surface area contributed by atoms with Crippen molar-refractivity contribution in [1.29, 1.82) is 0 Å². The zero-order valence-electron chi connectivity index (χ0n) is 12.6. The largest absolute Gasteiger partial charge is 0.490 e. The zero-order valence-corrected chi connectivity index (χ0v) is 13.4. The number of thiophene rings is 1. The van der Waals surface area contributed by atoms with Gasteiger partial charge in [0.05, 0.1) is 27.7 Å². The summed E-state index contributed by atoms with van der Waals surface area (Å²) < 4.78 is 5.58. The SMILES string of the molecule is CC(C)Oc1ccccc1C(=O)NN=Cc1ccc([N+](=O)[O-])s1. The molecule has 7 nitrogen and oxygen atoms in total. The standard InChI is InChI=1S/C15H15N3O4S/c1-10(2)22-13-6-4-3-5-12(13)15(19)17-16-9-11-7-8-14(23-11)18(20)21/h3-10H,1-2H3,(H,17,19). The third kappa shape index (κ3) is 4.62. The van der Waals surface area contributed by atoms with Crippen molar-refractivity contribution in [3.05, 3.63) is 57.0 Å². The minimum Gasteiger partial charge on any atom is -0.490 e. The average Bonchev–Trinajstić information content (AvgIpc) is 2.96. The van der Waals surface area contributed by atoms with Gasteiger partial charge in [0, 0.05) is 6.07 Å². The van der Waals surface area contributed by atoms with Crippen molar-refractivity contribution < 1.29 is 14.5 Å². The number of hydrogen-bond donors (Lipinski definition) is 1. The minimum absolute atomic E-state index is 0.0217. The van der Waals surface area contributed by atoms with Crippen molar-refractivity contribution in [3.8, 4) is 5.75 Å². The number of rotatable bonds is 6. The van der Waals surface area contributed by atoms with Crippen LogP contribution in [0, 0.1) is 10.1 Å². The molecule has 8 heteroatoms. The van der Waals surface area contributed by atoms with Gasteiger partial charge in [-0.15, -0.1) is 0 Å². The van der Waals surface area contributed by atoms with E-state index in [0.717, 1.165) is 11.3 Å². The number of hydrogen-bond acceptors (Lipinski definition) is 6. The summed E-state index contributed by atoms with van der Waals surface area (Å²) in [5, 5.41) is 14.4. The van der Waals surface area contributed by atoms with Crippen LogP contribution >= 0.6 is 11.3 Å². The van der Waals surface area contributed by atoms with Gasteiger partial charge in [0.25, 0.3) is 5.91 Å². The molecule has 0 spiro atoms. The van der Waals surface area contributed by atoms with E-state index in [4.69, 9.17) is 4.74 Å². The molecule has 0 saturated carbocycles. The molecule has 0 atom stereocenters. The van der Waals surface area contributed by atoms with E-state index in [2.05, 4.69) is 10.5 Å². The Hall–Kier alpha value is -2.74. The van der Waals surface area contributed by atoms with Crippen molar-refractivity contribution in [2.45, 2.75) is 20.0 Å². The van der Waals surface area contributed by atoms with E-state index in [0.29, 0.717) is 16.2 Å². The van der Waals surface area contributed by atoms with Gasteiger partial charge < -0.3 is 4.74 Å². The highest BCUT2D eigenvalue weighted by Gasteiger charge is 2.12. The van der Waals surface area contributed by atoms with E-state index >= 15 is 0 Å². The van der Waals surface area contributed by atoms with E-state index in [1.165, 1.54) is 12.3 Å². The van der Waals surface area contributed by atoms with Gasteiger partial charge in [0.1, 0.15) is 5.75 Å². The van der Waals surface area contributed by atoms with Crippen LogP contribution in [-0.4, -0.2) is 23.1 Å². The van der Waals surface area contributed by atoms with Crippen molar-refractivity contribution >= 4 is 28.5 Å². The molecular weight excluding hydrogens is 318 g/mol. The van der Waals surface area contributed by atoms with E-state index in [1.807, 2.05) is 13.8 Å². The number of hydrazone groups is 1. The predicted molar refractivity (Wildman–Crippen MR) is 88.2 cm³/mol. The Balaban J connectivity index is 2.04. The number of nitro groups is 1. The summed E-state index contributed by atoms with van der Waals surface area (Å²) in [6.45, 7) is 3.74. The molecular formula is C15H15N3O4S. The molecule has 120 valence electrons. The molecule has 1 aromatic heterocycles. The molecule has 0 radical (unpaired) electrons. The third-order valence-electron chi connectivity index (χ3n) is 2.64. The van der Waals surface area contributed by atoms with Crippen LogP contribution in [0.3, 0.4) is 0 Å². The third-order valence-corrected chi connectivity index (χ3v) is 3.62. The molecule has 23 heavy (non-hydrogen) atoms. The number of benzene rings is 1. The molecule has 0 unspecified atom stereocenters. The topological polar surface area (TPSA) is 93.8 Å². The highest BCUT2D eigenvalue weighted by Crippen LogP contribution is 2.22. The van der Waals surface area contributed by atoms with Crippen molar-refractivity contribution in [1.82, 2.24) is 5.43 Å². The van der Waals surface area contributed by atoms with Crippen molar-refractivity contribution in [3.63, 3.8) is 0 Å². The van der Waals surface area contributed by atoms with Gasteiger partial charge >= 0.3 is 5.00 Å². The molecule has 1 heterocycles. The zero-order chi connectivity index (χ0) is 16.8. The molecule has 0 bridgehead atoms. The van der Waals surface area contributed by atoms with Crippen LogP contribution in [0.25, 0.3) is 0 Å². The average molecular weight is 333 g/mol. The van der Waals surface area contributed by atoms with Crippen LogP contribution in [0.15, 0.2) is 41.5 Å². The second-order valence-electron chi connectivity index (χ2n) is 4.80. The van der Waals surface area contributed by atoms with E-state index in [-0.39, 0.29) is 11.1 Å². The summed E-state index contributed by atoms with van der Waals surface area (Å²) >= 11 is 0.976. The fraction of sp³-hybridized carbons (Fsp3) is 0.200. The first-order valence-corrected chi connectivity index (χ1v) is 7.62. The lowest BCUT2D eigenvalue weighted by molar-refractivity contribution is -0.380. The summed E-state index contributed by atoms with van der Waals surface area (Å²) in [5.74, 6) is 0.0607. The Kier molecular flexibility index (Phi) is 5.42. The minimum atomic E-state index is -0.472. The molecule has 0 saturated heterocycles. The van der Waals surface area contributed by atoms with Crippen LogP contribution in [0.4, 0.5) is 5.00 Å².